The van der Waals surface area contributed by atoms with Crippen LogP contribution in [-0.4, -0.2) is 57.4 Å². The summed E-state index contributed by atoms with van der Waals surface area (Å²) in [6, 6.07) is 13.4. The molecule has 2 amide bonds. The van der Waals surface area contributed by atoms with Crippen molar-refractivity contribution in [2.45, 2.75) is 24.2 Å². The highest BCUT2D eigenvalue weighted by Gasteiger charge is 2.26. The van der Waals surface area contributed by atoms with Gasteiger partial charge in [0.1, 0.15) is 5.75 Å². The molecule has 0 radical (unpaired) electrons. The molecule has 1 heterocycles. The molecule has 10 heteroatoms. The van der Waals surface area contributed by atoms with E-state index < -0.39 is 15.9 Å². The van der Waals surface area contributed by atoms with Crippen LogP contribution in [0, 0.1) is 0 Å². The van der Waals surface area contributed by atoms with Gasteiger partial charge in [-0.05, 0) is 48.4 Å². The zero-order valence-corrected chi connectivity index (χ0v) is 18.5. The molecule has 0 aromatic heterocycles. The molecule has 172 valence electrons. The highest BCUT2D eigenvalue weighted by atomic mass is 32.2. The summed E-state index contributed by atoms with van der Waals surface area (Å²) in [5.74, 6) is -0.00367. The first-order chi connectivity index (χ1) is 15.3. The van der Waals surface area contributed by atoms with Crippen molar-refractivity contribution in [1.82, 2.24) is 4.31 Å². The fourth-order valence-corrected chi connectivity index (χ4v) is 4.56. The second-order valence-corrected chi connectivity index (χ2v) is 9.24. The van der Waals surface area contributed by atoms with E-state index in [4.69, 9.17) is 15.2 Å². The lowest BCUT2D eigenvalue weighted by Gasteiger charge is -2.26. The molecule has 0 unspecified atom stereocenters. The Morgan fingerprint density at radius 2 is 1.66 bits per heavy atom. The number of rotatable bonds is 10. The Labute approximate surface area is 187 Å². The van der Waals surface area contributed by atoms with Gasteiger partial charge < -0.3 is 20.5 Å². The van der Waals surface area contributed by atoms with Crippen LogP contribution in [0.25, 0.3) is 0 Å². The van der Waals surface area contributed by atoms with Gasteiger partial charge in [0.05, 0.1) is 31.1 Å². The maximum Gasteiger partial charge on any atom is 0.243 e. The lowest BCUT2D eigenvalue weighted by atomic mass is 10.1. The van der Waals surface area contributed by atoms with Crippen molar-refractivity contribution in [2.75, 3.05) is 38.2 Å². The first-order valence-electron chi connectivity index (χ1n) is 10.3. The first kappa shape index (κ1) is 23.7. The molecule has 1 aliphatic rings. The normalized spacial score (nSPS) is 14.6. The number of nitrogens with one attached hydrogen (secondary N) is 1. The number of sulfonamides is 1. The molecule has 9 nitrogen and oxygen atoms in total. The molecule has 0 bridgehead atoms. The number of aryl methyl sites for hydroxylation is 1. The number of carbonyl (C=O) groups excluding carboxylic acids is 2. The summed E-state index contributed by atoms with van der Waals surface area (Å²) < 4.78 is 37.3. The molecule has 3 rings (SSSR count). The minimum atomic E-state index is -3.52. The summed E-state index contributed by atoms with van der Waals surface area (Å²) in [5.41, 5.74) is 6.57. The minimum Gasteiger partial charge on any atom is -0.493 e. The predicted molar refractivity (Wildman–Crippen MR) is 119 cm³/mol. The van der Waals surface area contributed by atoms with Gasteiger partial charge in [0.2, 0.25) is 21.8 Å². The van der Waals surface area contributed by atoms with Crippen molar-refractivity contribution in [1.29, 1.82) is 0 Å². The number of primary amides is 1. The summed E-state index contributed by atoms with van der Waals surface area (Å²) >= 11 is 0. The zero-order valence-electron chi connectivity index (χ0n) is 17.7. The number of nitrogens with zero attached hydrogens (tertiary/aromatic N) is 1. The monoisotopic (exact) mass is 461 g/mol. The van der Waals surface area contributed by atoms with Crippen molar-refractivity contribution in [2.24, 2.45) is 5.73 Å². The summed E-state index contributed by atoms with van der Waals surface area (Å²) in [7, 11) is -3.52. The third-order valence-electron chi connectivity index (χ3n) is 4.93. The largest absolute Gasteiger partial charge is 0.493 e. The maximum absolute atomic E-state index is 12.7. The van der Waals surface area contributed by atoms with E-state index in [9.17, 15) is 18.0 Å². The summed E-state index contributed by atoms with van der Waals surface area (Å²) in [4.78, 5) is 23.2. The van der Waals surface area contributed by atoms with Gasteiger partial charge in [-0.2, -0.15) is 4.31 Å². The number of nitrogens with two attached hydrogens (primary N) is 1. The van der Waals surface area contributed by atoms with Crippen molar-refractivity contribution in [3.8, 4) is 5.75 Å². The van der Waals surface area contributed by atoms with Crippen LogP contribution in [0.15, 0.2) is 53.4 Å². The SMILES string of the molecule is NC(=O)CCOc1ccc(NC(=O)CCc2ccc(S(=O)(=O)N3CCOCC3)cc2)cc1. The van der Waals surface area contributed by atoms with Gasteiger partial charge in [-0.1, -0.05) is 12.1 Å². The Morgan fingerprint density at radius 3 is 2.28 bits per heavy atom. The van der Waals surface area contributed by atoms with Crippen LogP contribution in [0.2, 0.25) is 0 Å². The average Bonchev–Trinajstić information content (AvgIpc) is 2.79. The Kier molecular flexibility index (Phi) is 8.20. The van der Waals surface area contributed by atoms with Crippen molar-refractivity contribution in [3.63, 3.8) is 0 Å². The van der Waals surface area contributed by atoms with Crippen molar-refractivity contribution < 1.29 is 27.5 Å². The highest BCUT2D eigenvalue weighted by Crippen LogP contribution is 2.19. The number of morpholine rings is 1. The number of amides is 2. The first-order valence-corrected chi connectivity index (χ1v) is 11.8. The molecule has 1 saturated heterocycles. The van der Waals surface area contributed by atoms with Gasteiger partial charge in [0, 0.05) is 25.2 Å². The number of benzene rings is 2. The lowest BCUT2D eigenvalue weighted by Crippen LogP contribution is -2.40. The van der Waals surface area contributed by atoms with Crippen LogP contribution in [0.1, 0.15) is 18.4 Å². The van der Waals surface area contributed by atoms with Crippen LogP contribution in [0.3, 0.4) is 0 Å². The summed E-state index contributed by atoms with van der Waals surface area (Å²) in [6.45, 7) is 1.71. The fraction of sp³-hybridized carbons (Fsp3) is 0.364. The van der Waals surface area contributed by atoms with Gasteiger partial charge >= 0.3 is 0 Å². The smallest absolute Gasteiger partial charge is 0.243 e. The zero-order chi connectivity index (χ0) is 23.0. The molecule has 3 N–H and O–H groups in total. The molecule has 1 fully saturated rings. The van der Waals surface area contributed by atoms with E-state index >= 15 is 0 Å². The van der Waals surface area contributed by atoms with Crippen LogP contribution >= 0.6 is 0 Å². The Bertz CT molecular complexity index is 1020. The second-order valence-electron chi connectivity index (χ2n) is 7.30. The van der Waals surface area contributed by atoms with E-state index in [0.717, 1.165) is 5.56 Å². The Hall–Kier alpha value is -2.95. The maximum atomic E-state index is 12.7. The predicted octanol–water partition coefficient (Wildman–Crippen LogP) is 1.53. The summed E-state index contributed by atoms with van der Waals surface area (Å²) in [5, 5.41) is 2.81. The molecular weight excluding hydrogens is 434 g/mol. The third kappa shape index (κ3) is 6.78. The van der Waals surface area contributed by atoms with Crippen LogP contribution in [0.4, 0.5) is 5.69 Å². The van der Waals surface area contributed by atoms with Gasteiger partial charge in [-0.15, -0.1) is 0 Å². The van der Waals surface area contributed by atoms with Crippen molar-refractivity contribution in [3.05, 3.63) is 54.1 Å². The standard InChI is InChI=1S/C22H27N3O6S/c23-21(26)11-14-31-19-6-4-18(5-7-19)24-22(27)10-3-17-1-8-20(9-2-17)32(28,29)25-12-15-30-16-13-25/h1-2,4-9H,3,10-16H2,(H2,23,26)(H,24,27). The minimum absolute atomic E-state index is 0.138. The fourth-order valence-electron chi connectivity index (χ4n) is 3.15. The van der Waals surface area contributed by atoms with Crippen LogP contribution in [-0.2, 0) is 30.8 Å². The highest BCUT2D eigenvalue weighted by molar-refractivity contribution is 7.89. The molecular formula is C22H27N3O6S. The molecule has 2 aromatic rings. The molecule has 32 heavy (non-hydrogen) atoms. The lowest BCUT2D eigenvalue weighted by molar-refractivity contribution is -0.118. The van der Waals surface area contributed by atoms with Gasteiger partial charge in [-0.3, -0.25) is 9.59 Å². The van der Waals surface area contributed by atoms with Gasteiger partial charge in [0.15, 0.2) is 0 Å². The van der Waals surface area contributed by atoms with E-state index in [-0.39, 0.29) is 30.3 Å². The molecule has 0 aliphatic carbocycles. The second kappa shape index (κ2) is 11.1. The van der Waals surface area contributed by atoms with E-state index in [1.165, 1.54) is 4.31 Å². The average molecular weight is 462 g/mol. The van der Waals surface area contributed by atoms with E-state index in [2.05, 4.69) is 5.32 Å². The molecule has 2 aromatic carbocycles. The quantitative estimate of drug-likeness (QED) is 0.552. The Balaban J connectivity index is 1.47. The van der Waals surface area contributed by atoms with Gasteiger partial charge in [0.25, 0.3) is 0 Å². The number of anilines is 1. The molecule has 0 spiro atoms. The molecule has 0 saturated carbocycles. The van der Waals surface area contributed by atoms with E-state index in [1.807, 2.05) is 0 Å². The van der Waals surface area contributed by atoms with Crippen LogP contribution in [0.5, 0.6) is 5.75 Å². The van der Waals surface area contributed by atoms with Crippen LogP contribution < -0.4 is 15.8 Å². The van der Waals surface area contributed by atoms with E-state index in [1.54, 1.807) is 48.5 Å². The number of hydrogen-bond acceptors (Lipinski definition) is 6. The van der Waals surface area contributed by atoms with Crippen molar-refractivity contribution >= 4 is 27.5 Å². The third-order valence-corrected chi connectivity index (χ3v) is 6.84. The Morgan fingerprint density at radius 1 is 1.00 bits per heavy atom. The molecule has 1 aliphatic heterocycles. The molecule has 0 atom stereocenters. The van der Waals surface area contributed by atoms with Gasteiger partial charge in [-0.25, -0.2) is 8.42 Å². The summed E-state index contributed by atoms with van der Waals surface area (Å²) in [6.07, 6.45) is 0.878. The van der Waals surface area contributed by atoms with E-state index in [0.29, 0.717) is 44.2 Å². The number of ether oxygens (including phenoxy) is 2. The topological polar surface area (TPSA) is 128 Å². The number of hydrogen-bond donors (Lipinski definition) is 2. The number of carbonyl (C=O) groups is 2.